The number of halogens is 1. The number of aryl methyl sites for hydroxylation is 1. The molecule has 9 nitrogen and oxygen atoms in total. The zero-order valence-corrected chi connectivity index (χ0v) is 18.1. The minimum absolute atomic E-state index is 0.295. The molecule has 0 saturated carbocycles. The molecule has 0 atom stereocenters. The summed E-state index contributed by atoms with van der Waals surface area (Å²) in [5, 5.41) is 8.40. The third kappa shape index (κ3) is 3.59. The predicted octanol–water partition coefficient (Wildman–Crippen LogP) is 2.17. The Balaban J connectivity index is 1.38. The van der Waals surface area contributed by atoms with Crippen molar-refractivity contribution in [2.24, 2.45) is 0 Å². The number of hydrogen-bond acceptors (Lipinski definition) is 7. The summed E-state index contributed by atoms with van der Waals surface area (Å²) in [4.78, 5) is 10.9. The van der Waals surface area contributed by atoms with E-state index in [-0.39, 0.29) is 5.82 Å². The van der Waals surface area contributed by atoms with Gasteiger partial charge in [0.15, 0.2) is 17.0 Å². The van der Waals surface area contributed by atoms with E-state index in [1.54, 1.807) is 36.4 Å². The van der Waals surface area contributed by atoms with Crippen LogP contribution in [0.1, 0.15) is 5.56 Å². The van der Waals surface area contributed by atoms with Crippen molar-refractivity contribution >= 4 is 27.0 Å². The summed E-state index contributed by atoms with van der Waals surface area (Å²) in [7, 11) is -3.55. The van der Waals surface area contributed by atoms with Crippen LogP contribution >= 0.6 is 0 Å². The van der Waals surface area contributed by atoms with Crippen LogP contribution in [0.4, 0.5) is 10.2 Å². The second-order valence-corrected chi connectivity index (χ2v) is 9.49. The van der Waals surface area contributed by atoms with Gasteiger partial charge in [-0.05, 0) is 43.3 Å². The molecule has 32 heavy (non-hydrogen) atoms. The lowest BCUT2D eigenvalue weighted by Gasteiger charge is -2.34. The summed E-state index contributed by atoms with van der Waals surface area (Å²) >= 11 is 0. The second kappa shape index (κ2) is 7.92. The normalized spacial score (nSPS) is 15.4. The molecule has 0 unspecified atom stereocenters. The maximum absolute atomic E-state index is 13.3. The van der Waals surface area contributed by atoms with Gasteiger partial charge in [-0.2, -0.15) is 8.99 Å². The van der Waals surface area contributed by atoms with E-state index in [9.17, 15) is 12.8 Å². The minimum atomic E-state index is -3.55. The smallest absolute Gasteiger partial charge is 0.243 e. The first kappa shape index (κ1) is 20.5. The number of piperazine rings is 1. The van der Waals surface area contributed by atoms with Crippen molar-refractivity contribution in [1.82, 2.24) is 29.3 Å². The standard InChI is InChI=1S/C21H20FN7O2S/c1-15-2-8-18(9-3-15)32(30,31)28-12-10-27(11-13-28)20-19-21(24-14-23-20)29(26-25-19)17-6-4-16(22)5-7-17/h2-9,14H,10-13H2,1H3. The zero-order chi connectivity index (χ0) is 22.3. The monoisotopic (exact) mass is 453 g/mol. The molecule has 1 aliphatic heterocycles. The summed E-state index contributed by atoms with van der Waals surface area (Å²) < 4.78 is 42.2. The summed E-state index contributed by atoms with van der Waals surface area (Å²) in [6, 6.07) is 12.8. The van der Waals surface area contributed by atoms with Crippen molar-refractivity contribution < 1.29 is 12.8 Å². The van der Waals surface area contributed by atoms with Crippen molar-refractivity contribution in [3.8, 4) is 5.69 Å². The van der Waals surface area contributed by atoms with E-state index in [2.05, 4.69) is 20.3 Å². The molecule has 11 heteroatoms. The zero-order valence-electron chi connectivity index (χ0n) is 17.3. The Labute approximate surface area is 184 Å². The molecule has 164 valence electrons. The van der Waals surface area contributed by atoms with E-state index in [0.717, 1.165) is 5.56 Å². The fraction of sp³-hybridized carbons (Fsp3) is 0.238. The molecular weight excluding hydrogens is 433 g/mol. The fourth-order valence-corrected chi connectivity index (χ4v) is 5.15. The van der Waals surface area contributed by atoms with E-state index in [1.165, 1.54) is 27.4 Å². The lowest BCUT2D eigenvalue weighted by atomic mass is 10.2. The van der Waals surface area contributed by atoms with Gasteiger partial charge in [0.05, 0.1) is 10.6 Å². The van der Waals surface area contributed by atoms with Crippen LogP contribution in [0.15, 0.2) is 59.8 Å². The quantitative estimate of drug-likeness (QED) is 0.467. The van der Waals surface area contributed by atoms with Gasteiger partial charge in [-0.25, -0.2) is 22.8 Å². The number of nitrogens with zero attached hydrogens (tertiary/aromatic N) is 7. The van der Waals surface area contributed by atoms with Gasteiger partial charge in [-0.1, -0.05) is 22.9 Å². The Kier molecular flexibility index (Phi) is 5.06. The second-order valence-electron chi connectivity index (χ2n) is 7.55. The Bertz CT molecular complexity index is 1360. The van der Waals surface area contributed by atoms with Gasteiger partial charge in [0, 0.05) is 26.2 Å². The average Bonchev–Trinajstić information content (AvgIpc) is 3.24. The third-order valence-corrected chi connectivity index (χ3v) is 7.40. The van der Waals surface area contributed by atoms with Gasteiger partial charge in [0.25, 0.3) is 0 Å². The summed E-state index contributed by atoms with van der Waals surface area (Å²) in [6.07, 6.45) is 1.43. The molecule has 0 N–H and O–H groups in total. The van der Waals surface area contributed by atoms with Crippen LogP contribution in [0.2, 0.25) is 0 Å². The average molecular weight is 454 g/mol. The van der Waals surface area contributed by atoms with Crippen molar-refractivity contribution in [2.45, 2.75) is 11.8 Å². The van der Waals surface area contributed by atoms with Gasteiger partial charge in [0.2, 0.25) is 10.0 Å². The molecule has 1 fully saturated rings. The largest absolute Gasteiger partial charge is 0.352 e. The topological polar surface area (TPSA) is 97.1 Å². The maximum atomic E-state index is 13.3. The van der Waals surface area contributed by atoms with Crippen molar-refractivity contribution in [3.63, 3.8) is 0 Å². The number of fused-ring (bicyclic) bond motifs is 1. The molecule has 0 aliphatic carbocycles. The number of rotatable bonds is 4. The van der Waals surface area contributed by atoms with Crippen LogP contribution in [0.25, 0.3) is 16.9 Å². The molecule has 2 aromatic carbocycles. The van der Waals surface area contributed by atoms with Crippen LogP contribution in [0, 0.1) is 12.7 Å². The molecule has 0 amide bonds. The van der Waals surface area contributed by atoms with Crippen LogP contribution in [-0.2, 0) is 10.0 Å². The number of hydrogen-bond donors (Lipinski definition) is 0. The van der Waals surface area contributed by atoms with E-state index in [4.69, 9.17) is 0 Å². The molecule has 2 aromatic heterocycles. The molecule has 5 rings (SSSR count). The lowest BCUT2D eigenvalue weighted by molar-refractivity contribution is 0.384. The highest BCUT2D eigenvalue weighted by molar-refractivity contribution is 7.89. The summed E-state index contributed by atoms with van der Waals surface area (Å²) in [5.74, 6) is 0.252. The number of aromatic nitrogens is 5. The molecule has 4 aromatic rings. The number of sulfonamides is 1. The molecule has 0 bridgehead atoms. The molecule has 0 radical (unpaired) electrons. The first-order valence-corrected chi connectivity index (χ1v) is 11.5. The third-order valence-electron chi connectivity index (χ3n) is 5.49. The highest BCUT2D eigenvalue weighted by Gasteiger charge is 2.30. The molecular formula is C21H20FN7O2S. The Morgan fingerprint density at radius 2 is 1.59 bits per heavy atom. The molecule has 3 heterocycles. The molecule has 1 aliphatic rings. The maximum Gasteiger partial charge on any atom is 0.243 e. The van der Waals surface area contributed by atoms with E-state index >= 15 is 0 Å². The first-order valence-electron chi connectivity index (χ1n) is 10.1. The Morgan fingerprint density at radius 1 is 0.906 bits per heavy atom. The first-order chi connectivity index (χ1) is 15.4. The molecule has 0 spiro atoms. The van der Waals surface area contributed by atoms with Crippen LogP contribution < -0.4 is 4.90 Å². The van der Waals surface area contributed by atoms with Gasteiger partial charge in [0.1, 0.15) is 12.1 Å². The van der Waals surface area contributed by atoms with Crippen molar-refractivity contribution in [2.75, 3.05) is 31.1 Å². The fourth-order valence-electron chi connectivity index (χ4n) is 3.72. The molecule has 1 saturated heterocycles. The van der Waals surface area contributed by atoms with Gasteiger partial charge >= 0.3 is 0 Å². The number of benzene rings is 2. The van der Waals surface area contributed by atoms with Gasteiger partial charge < -0.3 is 4.90 Å². The highest BCUT2D eigenvalue weighted by atomic mass is 32.2. The summed E-state index contributed by atoms with van der Waals surface area (Å²) in [6.45, 7) is 3.49. The minimum Gasteiger partial charge on any atom is -0.352 e. The van der Waals surface area contributed by atoms with E-state index in [0.29, 0.717) is 53.7 Å². The van der Waals surface area contributed by atoms with E-state index in [1.807, 2.05) is 11.8 Å². The highest BCUT2D eigenvalue weighted by Crippen LogP contribution is 2.25. The van der Waals surface area contributed by atoms with Crippen LogP contribution in [-0.4, -0.2) is 63.9 Å². The van der Waals surface area contributed by atoms with E-state index < -0.39 is 10.0 Å². The number of anilines is 1. The predicted molar refractivity (Wildman–Crippen MR) is 117 cm³/mol. The van der Waals surface area contributed by atoms with Crippen molar-refractivity contribution in [1.29, 1.82) is 0 Å². The lowest BCUT2D eigenvalue weighted by Crippen LogP contribution is -2.49. The summed E-state index contributed by atoms with van der Waals surface area (Å²) in [5.41, 5.74) is 2.64. The van der Waals surface area contributed by atoms with Crippen molar-refractivity contribution in [3.05, 3.63) is 66.2 Å². The Hall–Kier alpha value is -3.44. The SMILES string of the molecule is Cc1ccc(S(=O)(=O)N2CCN(c3ncnc4c3nnn4-c3ccc(F)cc3)CC2)cc1. The van der Waals surface area contributed by atoms with Gasteiger partial charge in [-0.3, -0.25) is 0 Å². The van der Waals surface area contributed by atoms with Gasteiger partial charge in [-0.15, -0.1) is 5.10 Å². The van der Waals surface area contributed by atoms with Crippen LogP contribution in [0.3, 0.4) is 0 Å². The van der Waals surface area contributed by atoms with Crippen LogP contribution in [0.5, 0.6) is 0 Å². The Morgan fingerprint density at radius 3 is 2.28 bits per heavy atom.